The van der Waals surface area contributed by atoms with Crippen molar-refractivity contribution in [1.82, 2.24) is 0 Å². The van der Waals surface area contributed by atoms with Crippen LogP contribution in [0, 0.1) is 23.3 Å². The van der Waals surface area contributed by atoms with Crippen LogP contribution in [0.15, 0.2) is 30.3 Å². The van der Waals surface area contributed by atoms with Crippen molar-refractivity contribution < 1.29 is 35.7 Å². The van der Waals surface area contributed by atoms with Gasteiger partial charge in [0.1, 0.15) is 17.3 Å². The van der Waals surface area contributed by atoms with E-state index in [-0.39, 0.29) is 19.8 Å². The van der Waals surface area contributed by atoms with E-state index in [1.165, 1.54) is 10.6 Å². The lowest BCUT2D eigenvalue weighted by Gasteiger charge is -2.42. The zero-order valence-corrected chi connectivity index (χ0v) is 28.2. The standard InChI is InChI=1S/C24H42BF4O3Si.C8H11N/c1-7-13-16-25(17-14-8-2,18-15-9-3)19-20(26)22(28)24(23(29)21(19)27)33(30-10-4,31-11-5)32-12-6;1-9(2)8-6-4-3-5-7-8/h7-18H2,1-6H3;3-7H,1-2H3/q-1;/p+1. The van der Waals surface area contributed by atoms with Crippen LogP contribution in [0.2, 0.25) is 19.0 Å². The Balaban J connectivity index is 0.000000827. The van der Waals surface area contributed by atoms with Crippen molar-refractivity contribution in [2.24, 2.45) is 0 Å². The Morgan fingerprint density at radius 3 is 1.29 bits per heavy atom. The van der Waals surface area contributed by atoms with Crippen LogP contribution in [-0.4, -0.2) is 48.9 Å². The maximum atomic E-state index is 15.8. The van der Waals surface area contributed by atoms with E-state index in [9.17, 15) is 0 Å². The summed E-state index contributed by atoms with van der Waals surface area (Å²) < 4.78 is 79.7. The van der Waals surface area contributed by atoms with Crippen molar-refractivity contribution >= 4 is 31.3 Å². The van der Waals surface area contributed by atoms with Gasteiger partial charge in [-0.2, -0.15) is 19.0 Å². The van der Waals surface area contributed by atoms with Crippen molar-refractivity contribution in [2.45, 2.75) is 99.0 Å². The van der Waals surface area contributed by atoms with Gasteiger partial charge in [0.05, 0.1) is 19.3 Å². The monoisotopic (exact) mass is 615 g/mol. The second kappa shape index (κ2) is 19.5. The van der Waals surface area contributed by atoms with Crippen molar-refractivity contribution in [3.05, 3.63) is 53.6 Å². The largest absolute Gasteiger partial charge is 0.543 e. The summed E-state index contributed by atoms with van der Waals surface area (Å²) in [6.07, 6.45) is 4.52. The predicted octanol–water partition coefficient (Wildman–Crippen LogP) is 7.02. The lowest BCUT2D eigenvalue weighted by molar-refractivity contribution is -0.786. The predicted molar refractivity (Wildman–Crippen MR) is 170 cm³/mol. The van der Waals surface area contributed by atoms with Crippen molar-refractivity contribution in [3.8, 4) is 0 Å². The molecule has 0 aromatic heterocycles. The number of hydrogen-bond donors (Lipinski definition) is 1. The van der Waals surface area contributed by atoms with E-state index in [1.54, 1.807) is 20.8 Å². The second-order valence-corrected chi connectivity index (χ2v) is 13.6. The molecular weight excluding hydrogens is 561 g/mol. The fraction of sp³-hybridized carbons (Fsp3) is 0.625. The third-order valence-corrected chi connectivity index (χ3v) is 11.0. The molecular formula is C32H54BF4NO3Si. The zero-order valence-electron chi connectivity index (χ0n) is 27.2. The molecule has 0 aliphatic carbocycles. The molecule has 2 aromatic rings. The summed E-state index contributed by atoms with van der Waals surface area (Å²) in [6, 6.07) is 10.4. The normalized spacial score (nSPS) is 12.0. The molecule has 240 valence electrons. The highest BCUT2D eigenvalue weighted by Crippen LogP contribution is 2.32. The molecule has 42 heavy (non-hydrogen) atoms. The molecule has 0 spiro atoms. The van der Waals surface area contributed by atoms with Crippen LogP contribution < -0.4 is 15.5 Å². The number of benzene rings is 2. The van der Waals surface area contributed by atoms with Crippen LogP contribution >= 0.6 is 0 Å². The Hall–Kier alpha value is -1.72. The van der Waals surface area contributed by atoms with Gasteiger partial charge in [0, 0.05) is 26.0 Å². The van der Waals surface area contributed by atoms with Crippen LogP contribution in [-0.2, 0) is 13.3 Å². The average Bonchev–Trinajstić information content (AvgIpc) is 2.98. The van der Waals surface area contributed by atoms with Gasteiger partial charge in [-0.05, 0) is 32.9 Å². The van der Waals surface area contributed by atoms with Crippen molar-refractivity contribution in [1.29, 1.82) is 0 Å². The van der Waals surface area contributed by atoms with Gasteiger partial charge in [-0.15, -0.1) is 5.46 Å². The minimum atomic E-state index is -4.20. The van der Waals surface area contributed by atoms with E-state index in [0.29, 0.717) is 19.0 Å². The first-order valence-corrected chi connectivity index (χ1v) is 17.6. The lowest BCUT2D eigenvalue weighted by atomic mass is 9.16. The van der Waals surface area contributed by atoms with E-state index in [1.807, 2.05) is 26.8 Å². The fourth-order valence-electron chi connectivity index (χ4n) is 5.79. The maximum absolute atomic E-state index is 15.8. The number of hydrogen-bond acceptors (Lipinski definition) is 3. The average molecular weight is 616 g/mol. The summed E-state index contributed by atoms with van der Waals surface area (Å²) in [7, 11) is 0.0360. The molecule has 0 heterocycles. The Morgan fingerprint density at radius 1 is 0.619 bits per heavy atom. The van der Waals surface area contributed by atoms with E-state index < -0.39 is 48.9 Å². The Bertz CT molecular complexity index is 978. The fourth-order valence-corrected chi connectivity index (χ4v) is 8.37. The van der Waals surface area contributed by atoms with Crippen LogP contribution in [0.25, 0.3) is 0 Å². The summed E-state index contributed by atoms with van der Waals surface area (Å²) >= 11 is 0. The van der Waals surface area contributed by atoms with Crippen LogP contribution in [0.1, 0.15) is 80.1 Å². The summed E-state index contributed by atoms with van der Waals surface area (Å²) in [4.78, 5) is 1.37. The van der Waals surface area contributed by atoms with Gasteiger partial charge in [0.2, 0.25) is 0 Å². The second-order valence-electron chi connectivity index (χ2n) is 11.2. The minimum Gasteiger partial charge on any atom is -0.370 e. The molecule has 0 aliphatic rings. The van der Waals surface area contributed by atoms with Crippen molar-refractivity contribution in [2.75, 3.05) is 33.9 Å². The summed E-state index contributed by atoms with van der Waals surface area (Å²) in [5, 5.41) is -0.863. The van der Waals surface area contributed by atoms with Gasteiger partial charge in [0.15, 0.2) is 11.6 Å². The van der Waals surface area contributed by atoms with Crippen LogP contribution in [0.4, 0.5) is 23.2 Å². The number of unbranched alkanes of at least 4 members (excludes halogenated alkanes) is 3. The van der Waals surface area contributed by atoms with Gasteiger partial charge < -0.3 is 18.2 Å². The number of nitrogens with one attached hydrogen (secondary N) is 1. The van der Waals surface area contributed by atoms with Crippen molar-refractivity contribution in [3.63, 3.8) is 0 Å². The lowest BCUT2D eigenvalue weighted by Crippen LogP contribution is -3.00. The van der Waals surface area contributed by atoms with E-state index in [0.717, 1.165) is 38.5 Å². The topological polar surface area (TPSA) is 32.1 Å². The third-order valence-electron chi connectivity index (χ3n) is 7.90. The van der Waals surface area contributed by atoms with Crippen LogP contribution in [0.5, 0.6) is 0 Å². The molecule has 0 saturated heterocycles. The Kier molecular flexibility index (Phi) is 17.8. The zero-order chi connectivity index (χ0) is 31.8. The molecule has 4 nitrogen and oxygen atoms in total. The van der Waals surface area contributed by atoms with E-state index in [4.69, 9.17) is 13.3 Å². The summed E-state index contributed by atoms with van der Waals surface area (Å²) in [5.74, 6) is -5.52. The number of halogens is 4. The molecule has 0 amide bonds. The highest BCUT2D eigenvalue weighted by molar-refractivity contribution is 6.92. The maximum Gasteiger partial charge on any atom is 0.543 e. The molecule has 0 bridgehead atoms. The minimum absolute atomic E-state index is 0.0213. The number of rotatable bonds is 18. The molecule has 2 rings (SSSR count). The molecule has 0 fully saturated rings. The van der Waals surface area contributed by atoms with E-state index in [2.05, 4.69) is 38.4 Å². The summed E-state index contributed by atoms with van der Waals surface area (Å²) in [6.45, 7) is 10.9. The first kappa shape index (κ1) is 38.3. The van der Waals surface area contributed by atoms with Gasteiger partial charge in [-0.3, -0.25) is 0 Å². The first-order valence-electron chi connectivity index (χ1n) is 15.9. The molecule has 0 saturated carbocycles. The molecule has 10 heteroatoms. The molecule has 0 atom stereocenters. The molecule has 0 radical (unpaired) electrons. The van der Waals surface area contributed by atoms with Gasteiger partial charge in [-0.1, -0.05) is 77.5 Å². The molecule has 1 N–H and O–H groups in total. The molecule has 0 aliphatic heterocycles. The van der Waals surface area contributed by atoms with Crippen LogP contribution in [0.3, 0.4) is 0 Å². The number of quaternary nitrogens is 1. The first-order chi connectivity index (χ1) is 20.1. The Labute approximate surface area is 253 Å². The third kappa shape index (κ3) is 9.91. The smallest absolute Gasteiger partial charge is 0.370 e. The quantitative estimate of drug-likeness (QED) is 0.111. The molecule has 2 aromatic carbocycles. The number of para-hydroxylation sites is 1. The molecule has 0 unspecified atom stereocenters. The highest BCUT2D eigenvalue weighted by Gasteiger charge is 2.51. The van der Waals surface area contributed by atoms with Gasteiger partial charge in [0.25, 0.3) is 0 Å². The van der Waals surface area contributed by atoms with Gasteiger partial charge in [-0.25, -0.2) is 17.6 Å². The SMILES string of the molecule is CCCC[B-](CCCC)(CCCC)c1c(F)c(F)c([Si](OCC)(OCC)OCC)c(F)c1F.C[NH+](C)c1ccccc1. The Morgan fingerprint density at radius 2 is 1.00 bits per heavy atom. The summed E-state index contributed by atoms with van der Waals surface area (Å²) in [5.41, 5.74) is 0.925. The van der Waals surface area contributed by atoms with Gasteiger partial charge >= 0.3 is 8.80 Å². The van der Waals surface area contributed by atoms with E-state index >= 15 is 17.6 Å². The highest BCUT2D eigenvalue weighted by atomic mass is 28.4.